The Kier molecular flexibility index (Phi) is 4.80. The highest BCUT2D eigenvalue weighted by atomic mass is 79.9. The van der Waals surface area contributed by atoms with Gasteiger partial charge < -0.3 is 19.9 Å². The molecule has 0 spiro atoms. The maximum atomic E-state index is 11.8. The van der Waals surface area contributed by atoms with Crippen LogP contribution in [0.1, 0.15) is 28.4 Å². The molecule has 0 amide bonds. The lowest BCUT2D eigenvalue weighted by Crippen LogP contribution is -2.19. The monoisotopic (exact) mass is 341 g/mol. The highest BCUT2D eigenvalue weighted by Gasteiger charge is 2.21. The number of H-pyrrole nitrogens is 1. The van der Waals surface area contributed by atoms with Crippen molar-refractivity contribution in [3.05, 3.63) is 35.5 Å². The van der Waals surface area contributed by atoms with E-state index in [1.54, 1.807) is 24.4 Å². The minimum atomic E-state index is -1.05. The summed E-state index contributed by atoms with van der Waals surface area (Å²) in [5.74, 6) is -0.473. The van der Waals surface area contributed by atoms with E-state index in [2.05, 4.69) is 20.9 Å². The van der Waals surface area contributed by atoms with E-state index in [9.17, 15) is 15.0 Å². The summed E-state index contributed by atoms with van der Waals surface area (Å²) in [6.45, 7) is 0. The molecular formula is C14H16BrNO4. The SMILES string of the molecule is COC(=O)c1cc(C(O)C(O)CCBr)cc2[nH]ccc12. The third-order valence-electron chi connectivity index (χ3n) is 3.21. The van der Waals surface area contributed by atoms with Gasteiger partial charge in [0.2, 0.25) is 0 Å². The molecule has 2 rings (SSSR count). The van der Waals surface area contributed by atoms with Crippen molar-refractivity contribution in [2.45, 2.75) is 18.6 Å². The van der Waals surface area contributed by atoms with Crippen LogP contribution in [-0.2, 0) is 4.74 Å². The Morgan fingerprint density at radius 2 is 2.20 bits per heavy atom. The molecular weight excluding hydrogens is 326 g/mol. The number of ether oxygens (including phenoxy) is 1. The Hall–Kier alpha value is -1.37. The first-order chi connectivity index (χ1) is 9.58. The number of carbonyl (C=O) groups excluding carboxylic acids is 1. The van der Waals surface area contributed by atoms with Gasteiger partial charge in [-0.3, -0.25) is 0 Å². The highest BCUT2D eigenvalue weighted by Crippen LogP contribution is 2.27. The summed E-state index contributed by atoms with van der Waals surface area (Å²) < 4.78 is 4.75. The number of hydrogen-bond donors (Lipinski definition) is 3. The Morgan fingerprint density at radius 3 is 2.85 bits per heavy atom. The van der Waals surface area contributed by atoms with Crippen molar-refractivity contribution in [3.8, 4) is 0 Å². The highest BCUT2D eigenvalue weighted by molar-refractivity contribution is 9.09. The van der Waals surface area contributed by atoms with Gasteiger partial charge in [-0.1, -0.05) is 15.9 Å². The lowest BCUT2D eigenvalue weighted by atomic mass is 9.98. The molecule has 3 N–H and O–H groups in total. The summed E-state index contributed by atoms with van der Waals surface area (Å²) in [5.41, 5.74) is 1.56. The molecule has 5 nitrogen and oxygen atoms in total. The molecule has 0 saturated carbocycles. The number of aliphatic hydroxyl groups is 2. The van der Waals surface area contributed by atoms with E-state index in [-0.39, 0.29) is 0 Å². The van der Waals surface area contributed by atoms with Crippen LogP contribution in [0.4, 0.5) is 0 Å². The van der Waals surface area contributed by atoms with Crippen molar-refractivity contribution >= 4 is 32.8 Å². The van der Waals surface area contributed by atoms with Crippen molar-refractivity contribution < 1.29 is 19.7 Å². The number of benzene rings is 1. The van der Waals surface area contributed by atoms with Gasteiger partial charge in [0, 0.05) is 22.4 Å². The van der Waals surface area contributed by atoms with E-state index in [4.69, 9.17) is 4.74 Å². The minimum Gasteiger partial charge on any atom is -0.465 e. The van der Waals surface area contributed by atoms with Gasteiger partial charge in [0.1, 0.15) is 6.10 Å². The first-order valence-corrected chi connectivity index (χ1v) is 7.32. The van der Waals surface area contributed by atoms with E-state index < -0.39 is 18.2 Å². The van der Waals surface area contributed by atoms with Crippen LogP contribution in [0.15, 0.2) is 24.4 Å². The Labute approximate surface area is 124 Å². The number of nitrogens with one attached hydrogen (secondary N) is 1. The average Bonchev–Trinajstić information content (AvgIpc) is 2.93. The quantitative estimate of drug-likeness (QED) is 0.574. The van der Waals surface area contributed by atoms with Gasteiger partial charge >= 0.3 is 5.97 Å². The zero-order chi connectivity index (χ0) is 14.7. The van der Waals surface area contributed by atoms with Gasteiger partial charge in [0.05, 0.1) is 18.8 Å². The number of carbonyl (C=O) groups is 1. The second-order valence-corrected chi connectivity index (χ2v) is 5.28. The molecule has 0 fully saturated rings. The van der Waals surface area contributed by atoms with Gasteiger partial charge in [-0.2, -0.15) is 0 Å². The van der Waals surface area contributed by atoms with Crippen LogP contribution in [0.25, 0.3) is 10.9 Å². The first-order valence-electron chi connectivity index (χ1n) is 6.20. The minimum absolute atomic E-state index is 0.367. The van der Waals surface area contributed by atoms with E-state index >= 15 is 0 Å². The Balaban J connectivity index is 2.46. The van der Waals surface area contributed by atoms with Gasteiger partial charge in [0.25, 0.3) is 0 Å². The summed E-state index contributed by atoms with van der Waals surface area (Å²) in [6.07, 6.45) is 0.176. The van der Waals surface area contributed by atoms with Gasteiger partial charge in [0.15, 0.2) is 0 Å². The number of fused-ring (bicyclic) bond motifs is 1. The lowest BCUT2D eigenvalue weighted by molar-refractivity contribution is 0.0173. The normalized spacial score (nSPS) is 14.2. The zero-order valence-electron chi connectivity index (χ0n) is 11.0. The Bertz CT molecular complexity index is 610. The fraction of sp³-hybridized carbons (Fsp3) is 0.357. The van der Waals surface area contributed by atoms with Crippen LogP contribution >= 0.6 is 15.9 Å². The number of rotatable bonds is 5. The number of aliphatic hydroxyl groups excluding tert-OH is 2. The molecule has 108 valence electrons. The summed E-state index contributed by atoms with van der Waals surface area (Å²) in [4.78, 5) is 14.8. The van der Waals surface area contributed by atoms with Crippen LogP contribution in [0.3, 0.4) is 0 Å². The average molecular weight is 342 g/mol. The first kappa shape index (κ1) is 15.0. The second kappa shape index (κ2) is 6.39. The molecule has 0 bridgehead atoms. The predicted molar refractivity (Wildman–Crippen MR) is 79.0 cm³/mol. The van der Waals surface area contributed by atoms with E-state index in [1.165, 1.54) is 7.11 Å². The molecule has 1 aromatic carbocycles. The molecule has 0 aliphatic heterocycles. The third kappa shape index (κ3) is 2.87. The maximum Gasteiger partial charge on any atom is 0.338 e. The largest absolute Gasteiger partial charge is 0.465 e. The van der Waals surface area contributed by atoms with Crippen LogP contribution in [0.2, 0.25) is 0 Å². The molecule has 2 aromatic rings. The number of methoxy groups -OCH3 is 1. The van der Waals surface area contributed by atoms with Gasteiger partial charge in [-0.15, -0.1) is 0 Å². The van der Waals surface area contributed by atoms with Crippen LogP contribution in [0, 0.1) is 0 Å². The van der Waals surface area contributed by atoms with E-state index in [0.29, 0.717) is 28.4 Å². The van der Waals surface area contributed by atoms with Crippen molar-refractivity contribution in [2.75, 3.05) is 12.4 Å². The van der Waals surface area contributed by atoms with Crippen LogP contribution < -0.4 is 0 Å². The Morgan fingerprint density at radius 1 is 1.45 bits per heavy atom. The number of esters is 1. The standard InChI is InChI=1S/C14H16BrNO4/c1-20-14(19)10-6-8(13(18)12(17)2-4-15)7-11-9(10)3-5-16-11/h3,5-7,12-13,16-18H,2,4H2,1H3. The molecule has 2 unspecified atom stereocenters. The zero-order valence-corrected chi connectivity index (χ0v) is 12.6. The number of aromatic nitrogens is 1. The molecule has 1 aromatic heterocycles. The fourth-order valence-corrected chi connectivity index (χ4v) is 2.60. The summed E-state index contributed by atoms with van der Waals surface area (Å²) in [7, 11) is 1.31. The predicted octanol–water partition coefficient (Wildman–Crippen LogP) is 2.13. The molecule has 20 heavy (non-hydrogen) atoms. The maximum absolute atomic E-state index is 11.8. The molecule has 1 heterocycles. The summed E-state index contributed by atoms with van der Waals surface area (Å²) in [5, 5.41) is 21.3. The molecule has 0 saturated heterocycles. The van der Waals surface area contributed by atoms with E-state index in [1.807, 2.05) is 0 Å². The van der Waals surface area contributed by atoms with E-state index in [0.717, 1.165) is 5.39 Å². The summed E-state index contributed by atoms with van der Waals surface area (Å²) in [6, 6.07) is 5.06. The molecule has 2 atom stereocenters. The topological polar surface area (TPSA) is 82.6 Å². The fourth-order valence-electron chi connectivity index (χ4n) is 2.13. The second-order valence-electron chi connectivity index (χ2n) is 4.49. The van der Waals surface area contributed by atoms with Crippen molar-refractivity contribution in [1.29, 1.82) is 0 Å². The number of hydrogen-bond acceptors (Lipinski definition) is 4. The van der Waals surface area contributed by atoms with Crippen LogP contribution in [-0.4, -0.2) is 39.7 Å². The molecule has 6 heteroatoms. The number of aromatic amines is 1. The number of halogens is 1. The van der Waals surface area contributed by atoms with Gasteiger partial charge in [-0.05, 0) is 30.2 Å². The smallest absolute Gasteiger partial charge is 0.338 e. The summed E-state index contributed by atoms with van der Waals surface area (Å²) >= 11 is 3.22. The lowest BCUT2D eigenvalue weighted by Gasteiger charge is -2.18. The number of alkyl halides is 1. The molecule has 0 aliphatic carbocycles. The van der Waals surface area contributed by atoms with Crippen molar-refractivity contribution in [1.82, 2.24) is 4.98 Å². The van der Waals surface area contributed by atoms with Crippen molar-refractivity contribution in [3.63, 3.8) is 0 Å². The van der Waals surface area contributed by atoms with Crippen molar-refractivity contribution in [2.24, 2.45) is 0 Å². The van der Waals surface area contributed by atoms with Crippen LogP contribution in [0.5, 0.6) is 0 Å². The van der Waals surface area contributed by atoms with Gasteiger partial charge in [-0.25, -0.2) is 4.79 Å². The third-order valence-corrected chi connectivity index (χ3v) is 3.67. The molecule has 0 aliphatic rings. The molecule has 0 radical (unpaired) electrons.